The van der Waals surface area contributed by atoms with E-state index < -0.39 is 0 Å². The first-order chi connectivity index (χ1) is 13.5. The van der Waals surface area contributed by atoms with E-state index in [1.165, 1.54) is 5.69 Å². The molecule has 1 aliphatic rings. The molecule has 1 atom stereocenters. The van der Waals surface area contributed by atoms with Gasteiger partial charge in [-0.1, -0.05) is 18.2 Å². The van der Waals surface area contributed by atoms with Gasteiger partial charge >= 0.3 is 0 Å². The van der Waals surface area contributed by atoms with E-state index in [4.69, 9.17) is 4.74 Å². The topological polar surface area (TPSA) is 58.9 Å². The Labute approximate surface area is 165 Å². The van der Waals surface area contributed by atoms with E-state index in [0.29, 0.717) is 5.69 Å². The van der Waals surface area contributed by atoms with Crippen molar-refractivity contribution in [2.24, 2.45) is 0 Å². The van der Waals surface area contributed by atoms with Crippen molar-refractivity contribution < 1.29 is 9.53 Å². The van der Waals surface area contributed by atoms with Crippen LogP contribution in [0.2, 0.25) is 0 Å². The highest BCUT2D eigenvalue weighted by molar-refractivity contribution is 5.95. The van der Waals surface area contributed by atoms with Gasteiger partial charge in [0.2, 0.25) is 0 Å². The molecule has 6 heteroatoms. The normalized spacial score (nSPS) is 15.6. The van der Waals surface area contributed by atoms with E-state index in [1.54, 1.807) is 0 Å². The Kier molecular flexibility index (Phi) is 5.05. The molecule has 2 aromatic heterocycles. The summed E-state index contributed by atoms with van der Waals surface area (Å²) < 4.78 is 7.28. The standard InChI is InChI=1S/C22H26N4O2/c1-15-5-4-10-26-20(17(3)23-21(15)26)22(27)24-16(2)18-6-8-19(9-7-18)25-11-13-28-14-12-25/h4-10,16H,11-14H2,1-3H3,(H,24,27)/t16-/m1/s1. The highest BCUT2D eigenvalue weighted by Gasteiger charge is 2.20. The van der Waals surface area contributed by atoms with E-state index in [1.807, 2.05) is 43.5 Å². The summed E-state index contributed by atoms with van der Waals surface area (Å²) in [6, 6.07) is 12.2. The molecule has 0 saturated carbocycles. The third-order valence-electron chi connectivity index (χ3n) is 5.35. The Bertz CT molecular complexity index is 988. The number of hydrogen-bond donors (Lipinski definition) is 1. The number of rotatable bonds is 4. The summed E-state index contributed by atoms with van der Waals surface area (Å²) in [5.41, 5.74) is 5.48. The summed E-state index contributed by atoms with van der Waals surface area (Å²) in [4.78, 5) is 19.8. The fourth-order valence-corrected chi connectivity index (χ4v) is 3.73. The molecule has 4 rings (SSSR count). The molecule has 1 aliphatic heterocycles. The van der Waals surface area contributed by atoms with Gasteiger partial charge in [-0.05, 0) is 50.1 Å². The van der Waals surface area contributed by atoms with E-state index in [2.05, 4.69) is 39.5 Å². The van der Waals surface area contributed by atoms with Gasteiger partial charge in [-0.3, -0.25) is 9.20 Å². The van der Waals surface area contributed by atoms with Crippen LogP contribution in [0.5, 0.6) is 0 Å². The Morgan fingerprint density at radius 1 is 1.14 bits per heavy atom. The average Bonchev–Trinajstić information content (AvgIpc) is 3.06. The van der Waals surface area contributed by atoms with Gasteiger partial charge < -0.3 is 15.0 Å². The molecule has 28 heavy (non-hydrogen) atoms. The molecule has 1 amide bonds. The number of amides is 1. The van der Waals surface area contributed by atoms with Crippen molar-refractivity contribution in [2.75, 3.05) is 31.2 Å². The fourth-order valence-electron chi connectivity index (χ4n) is 3.73. The van der Waals surface area contributed by atoms with E-state index in [0.717, 1.165) is 48.8 Å². The minimum Gasteiger partial charge on any atom is -0.378 e. The number of carbonyl (C=O) groups is 1. The lowest BCUT2D eigenvalue weighted by Crippen LogP contribution is -2.36. The second kappa shape index (κ2) is 7.64. The molecule has 3 heterocycles. The zero-order chi connectivity index (χ0) is 19.7. The van der Waals surface area contributed by atoms with Crippen molar-refractivity contribution in [2.45, 2.75) is 26.8 Å². The number of anilines is 1. The molecule has 3 aromatic rings. The van der Waals surface area contributed by atoms with Gasteiger partial charge in [-0.15, -0.1) is 0 Å². The van der Waals surface area contributed by atoms with Crippen LogP contribution in [0.15, 0.2) is 42.6 Å². The molecule has 146 valence electrons. The maximum Gasteiger partial charge on any atom is 0.270 e. The number of nitrogens with one attached hydrogen (secondary N) is 1. The molecule has 0 aliphatic carbocycles. The molecule has 1 saturated heterocycles. The lowest BCUT2D eigenvalue weighted by Gasteiger charge is -2.29. The first kappa shape index (κ1) is 18.5. The van der Waals surface area contributed by atoms with Crippen LogP contribution in [0, 0.1) is 13.8 Å². The van der Waals surface area contributed by atoms with Crippen molar-refractivity contribution in [3.8, 4) is 0 Å². The summed E-state index contributed by atoms with van der Waals surface area (Å²) in [7, 11) is 0. The second-order valence-corrected chi connectivity index (χ2v) is 7.32. The molecule has 0 bridgehead atoms. The SMILES string of the molecule is Cc1nc2c(C)cccn2c1C(=O)N[C@H](C)c1ccc(N2CCOCC2)cc1. The van der Waals surface area contributed by atoms with E-state index >= 15 is 0 Å². The summed E-state index contributed by atoms with van der Waals surface area (Å²) in [6.07, 6.45) is 1.89. The number of imidazole rings is 1. The van der Waals surface area contributed by atoms with Crippen LogP contribution in [-0.2, 0) is 4.74 Å². The van der Waals surface area contributed by atoms with E-state index in [9.17, 15) is 4.79 Å². The molecule has 1 N–H and O–H groups in total. The van der Waals surface area contributed by atoms with Gasteiger partial charge in [0.1, 0.15) is 11.3 Å². The molecule has 0 spiro atoms. The largest absolute Gasteiger partial charge is 0.378 e. The predicted molar refractivity (Wildman–Crippen MR) is 110 cm³/mol. The smallest absolute Gasteiger partial charge is 0.270 e. The lowest BCUT2D eigenvalue weighted by molar-refractivity contribution is 0.0933. The molecular weight excluding hydrogens is 352 g/mol. The predicted octanol–water partition coefficient (Wildman–Crippen LogP) is 3.28. The molecule has 0 radical (unpaired) electrons. The summed E-state index contributed by atoms with van der Waals surface area (Å²) in [5.74, 6) is -0.111. The Hall–Kier alpha value is -2.86. The minimum atomic E-state index is -0.111. The first-order valence-corrected chi connectivity index (χ1v) is 9.72. The number of nitrogens with zero attached hydrogens (tertiary/aromatic N) is 3. The van der Waals surface area contributed by atoms with Crippen LogP contribution in [0.1, 0.15) is 40.3 Å². The second-order valence-electron chi connectivity index (χ2n) is 7.32. The number of carbonyl (C=O) groups excluding carboxylic acids is 1. The molecule has 1 aromatic carbocycles. The van der Waals surface area contributed by atoms with Crippen molar-refractivity contribution in [1.29, 1.82) is 0 Å². The van der Waals surface area contributed by atoms with Crippen LogP contribution in [0.3, 0.4) is 0 Å². The molecular formula is C22H26N4O2. The highest BCUT2D eigenvalue weighted by atomic mass is 16.5. The van der Waals surface area contributed by atoms with Crippen LogP contribution < -0.4 is 10.2 Å². The van der Waals surface area contributed by atoms with Gasteiger partial charge in [-0.2, -0.15) is 0 Å². The van der Waals surface area contributed by atoms with Crippen LogP contribution in [0.25, 0.3) is 5.65 Å². The Morgan fingerprint density at radius 3 is 2.57 bits per heavy atom. The number of benzene rings is 1. The van der Waals surface area contributed by atoms with Gasteiger partial charge in [0.15, 0.2) is 0 Å². The molecule has 1 fully saturated rings. The van der Waals surface area contributed by atoms with Crippen molar-refractivity contribution in [1.82, 2.24) is 14.7 Å². The third kappa shape index (κ3) is 3.47. The van der Waals surface area contributed by atoms with Crippen molar-refractivity contribution >= 4 is 17.2 Å². The van der Waals surface area contributed by atoms with Gasteiger partial charge in [0, 0.05) is 25.0 Å². The van der Waals surface area contributed by atoms with Crippen molar-refractivity contribution in [3.63, 3.8) is 0 Å². The van der Waals surface area contributed by atoms with Crippen LogP contribution in [0.4, 0.5) is 5.69 Å². The number of aryl methyl sites for hydroxylation is 2. The molecule has 0 unspecified atom stereocenters. The maximum absolute atomic E-state index is 13.0. The van der Waals surface area contributed by atoms with E-state index in [-0.39, 0.29) is 11.9 Å². The zero-order valence-corrected chi connectivity index (χ0v) is 16.6. The highest BCUT2D eigenvalue weighted by Crippen LogP contribution is 2.21. The average molecular weight is 378 g/mol. The quantitative estimate of drug-likeness (QED) is 0.757. The lowest BCUT2D eigenvalue weighted by atomic mass is 10.1. The first-order valence-electron chi connectivity index (χ1n) is 9.72. The zero-order valence-electron chi connectivity index (χ0n) is 16.6. The number of morpholine rings is 1. The van der Waals surface area contributed by atoms with Gasteiger partial charge in [-0.25, -0.2) is 4.98 Å². The summed E-state index contributed by atoms with van der Waals surface area (Å²) >= 11 is 0. The van der Waals surface area contributed by atoms with Crippen LogP contribution in [-0.4, -0.2) is 41.6 Å². The van der Waals surface area contributed by atoms with Gasteiger partial charge in [0.25, 0.3) is 5.91 Å². The third-order valence-corrected chi connectivity index (χ3v) is 5.35. The monoisotopic (exact) mass is 378 g/mol. The fraction of sp³-hybridized carbons (Fsp3) is 0.364. The number of hydrogen-bond acceptors (Lipinski definition) is 4. The number of fused-ring (bicyclic) bond motifs is 1. The maximum atomic E-state index is 13.0. The molecule has 6 nitrogen and oxygen atoms in total. The number of ether oxygens (including phenoxy) is 1. The van der Waals surface area contributed by atoms with Gasteiger partial charge in [0.05, 0.1) is 24.9 Å². The van der Waals surface area contributed by atoms with Crippen LogP contribution >= 0.6 is 0 Å². The minimum absolute atomic E-state index is 0.0963. The summed E-state index contributed by atoms with van der Waals surface area (Å²) in [5, 5.41) is 3.12. The van der Waals surface area contributed by atoms with Crippen molar-refractivity contribution in [3.05, 3.63) is 65.1 Å². The number of pyridine rings is 1. The Morgan fingerprint density at radius 2 is 1.86 bits per heavy atom. The Balaban J connectivity index is 1.50. The number of aromatic nitrogens is 2. The summed E-state index contributed by atoms with van der Waals surface area (Å²) in [6.45, 7) is 9.26.